The molecule has 0 aliphatic carbocycles. The molecule has 0 unspecified atom stereocenters. The van der Waals surface area contributed by atoms with Gasteiger partial charge in [-0.05, 0) is 26.4 Å². The van der Waals surface area contributed by atoms with Crippen molar-refractivity contribution in [3.05, 3.63) is 0 Å². The molecule has 19 heavy (non-hydrogen) atoms. The smallest absolute Gasteiger partial charge is 0.191 e. The topological polar surface area (TPSA) is 48.9 Å². The van der Waals surface area contributed by atoms with Crippen LogP contribution in [0.4, 0.5) is 0 Å². The predicted molar refractivity (Wildman–Crippen MR) is 93.7 cm³/mol. The number of aliphatic imine (C=N–C) groups is 1. The molecule has 0 saturated heterocycles. The van der Waals surface area contributed by atoms with Gasteiger partial charge >= 0.3 is 0 Å². The van der Waals surface area contributed by atoms with Gasteiger partial charge in [-0.3, -0.25) is 4.99 Å². The van der Waals surface area contributed by atoms with Crippen molar-refractivity contribution >= 4 is 29.9 Å². The molecule has 0 aromatic carbocycles. The highest BCUT2D eigenvalue weighted by Gasteiger charge is 2.00. The van der Waals surface area contributed by atoms with Crippen LogP contribution in [0, 0.1) is 0 Å². The molecule has 0 aliphatic rings. The molecule has 0 rings (SSSR count). The molecule has 0 radical (unpaired) electrons. The van der Waals surface area contributed by atoms with Crippen LogP contribution in [0.5, 0.6) is 0 Å². The van der Waals surface area contributed by atoms with E-state index in [9.17, 15) is 0 Å². The second kappa shape index (κ2) is 16.0. The summed E-state index contributed by atoms with van der Waals surface area (Å²) in [6, 6.07) is 0. The van der Waals surface area contributed by atoms with E-state index in [0.717, 1.165) is 45.2 Å². The van der Waals surface area contributed by atoms with Crippen molar-refractivity contribution in [1.29, 1.82) is 0 Å². The highest BCUT2D eigenvalue weighted by atomic mass is 127. The molecule has 0 saturated carbocycles. The summed E-state index contributed by atoms with van der Waals surface area (Å²) in [5, 5.41) is 6.47. The molecule has 2 N–H and O–H groups in total. The van der Waals surface area contributed by atoms with Gasteiger partial charge in [0.15, 0.2) is 5.96 Å². The Labute approximate surface area is 135 Å². The predicted octanol–water partition coefficient (Wildman–Crippen LogP) is 1.54. The Balaban J connectivity index is 0. The van der Waals surface area contributed by atoms with E-state index in [1.165, 1.54) is 6.42 Å². The van der Waals surface area contributed by atoms with E-state index < -0.39 is 0 Å². The molecule has 0 fully saturated rings. The Bertz CT molecular complexity index is 215. The number of nitrogens with zero attached hydrogens (tertiary/aromatic N) is 2. The SMILES string of the molecule is CCCN(CC)CCN=C(NCC)NCCOC.I. The average Bonchev–Trinajstić information content (AvgIpc) is 2.38. The van der Waals surface area contributed by atoms with Crippen LogP contribution >= 0.6 is 24.0 Å². The monoisotopic (exact) mass is 386 g/mol. The van der Waals surface area contributed by atoms with Gasteiger partial charge in [-0.1, -0.05) is 13.8 Å². The van der Waals surface area contributed by atoms with Gasteiger partial charge in [0.25, 0.3) is 0 Å². The first kappa shape index (κ1) is 21.2. The Morgan fingerprint density at radius 3 is 2.42 bits per heavy atom. The summed E-state index contributed by atoms with van der Waals surface area (Å²) < 4.78 is 5.01. The number of methoxy groups -OCH3 is 1. The van der Waals surface area contributed by atoms with E-state index in [1.807, 2.05) is 0 Å². The van der Waals surface area contributed by atoms with E-state index in [4.69, 9.17) is 4.74 Å². The van der Waals surface area contributed by atoms with Gasteiger partial charge in [0, 0.05) is 26.7 Å². The minimum atomic E-state index is 0. The van der Waals surface area contributed by atoms with E-state index in [2.05, 4.69) is 41.3 Å². The molecule has 0 aromatic heterocycles. The van der Waals surface area contributed by atoms with E-state index in [-0.39, 0.29) is 24.0 Å². The molecule has 6 heteroatoms. The van der Waals surface area contributed by atoms with Crippen molar-refractivity contribution in [2.24, 2.45) is 4.99 Å². The second-order valence-corrected chi connectivity index (χ2v) is 4.11. The average molecular weight is 386 g/mol. The number of hydrogen-bond acceptors (Lipinski definition) is 3. The number of hydrogen-bond donors (Lipinski definition) is 2. The first-order valence-corrected chi connectivity index (χ1v) is 7.01. The highest BCUT2D eigenvalue weighted by molar-refractivity contribution is 14.0. The minimum absolute atomic E-state index is 0. The molecule has 0 heterocycles. The van der Waals surface area contributed by atoms with Gasteiger partial charge in [-0.2, -0.15) is 0 Å². The maximum absolute atomic E-state index is 5.01. The van der Waals surface area contributed by atoms with Crippen LogP contribution in [0.2, 0.25) is 0 Å². The summed E-state index contributed by atoms with van der Waals surface area (Å²) in [6.45, 7) is 12.9. The lowest BCUT2D eigenvalue weighted by Gasteiger charge is -2.18. The lowest BCUT2D eigenvalue weighted by molar-refractivity contribution is 0.203. The van der Waals surface area contributed by atoms with Crippen LogP contribution in [-0.2, 0) is 4.74 Å². The molecule has 0 spiro atoms. The van der Waals surface area contributed by atoms with Crippen LogP contribution in [0.15, 0.2) is 4.99 Å². The largest absolute Gasteiger partial charge is 0.383 e. The van der Waals surface area contributed by atoms with Gasteiger partial charge in [-0.25, -0.2) is 0 Å². The summed E-state index contributed by atoms with van der Waals surface area (Å²) in [6.07, 6.45) is 1.20. The normalized spacial score (nSPS) is 11.3. The summed E-state index contributed by atoms with van der Waals surface area (Å²) in [5.74, 6) is 0.877. The zero-order valence-electron chi connectivity index (χ0n) is 12.9. The van der Waals surface area contributed by atoms with Gasteiger partial charge < -0.3 is 20.3 Å². The third-order valence-corrected chi connectivity index (χ3v) is 2.62. The van der Waals surface area contributed by atoms with Crippen LogP contribution in [-0.4, -0.2) is 63.8 Å². The lowest BCUT2D eigenvalue weighted by atomic mass is 10.4. The van der Waals surface area contributed by atoms with Crippen molar-refractivity contribution in [3.63, 3.8) is 0 Å². The molecule has 0 aliphatic heterocycles. The van der Waals surface area contributed by atoms with E-state index >= 15 is 0 Å². The van der Waals surface area contributed by atoms with Crippen molar-refractivity contribution in [1.82, 2.24) is 15.5 Å². The Kier molecular flexibility index (Phi) is 17.8. The zero-order chi connectivity index (χ0) is 13.6. The molecule has 0 bridgehead atoms. The number of likely N-dealkylation sites (N-methyl/N-ethyl adjacent to an activating group) is 1. The van der Waals surface area contributed by atoms with Crippen LogP contribution in [0.25, 0.3) is 0 Å². The molecular formula is C13H31IN4O. The lowest BCUT2D eigenvalue weighted by Crippen LogP contribution is -2.39. The minimum Gasteiger partial charge on any atom is -0.383 e. The number of guanidine groups is 1. The van der Waals surface area contributed by atoms with Crippen molar-refractivity contribution < 1.29 is 4.74 Å². The second-order valence-electron chi connectivity index (χ2n) is 4.11. The molecular weight excluding hydrogens is 355 g/mol. The molecule has 116 valence electrons. The molecule has 0 amide bonds. The van der Waals surface area contributed by atoms with E-state index in [1.54, 1.807) is 7.11 Å². The van der Waals surface area contributed by atoms with E-state index in [0.29, 0.717) is 6.61 Å². The van der Waals surface area contributed by atoms with Crippen LogP contribution in [0.1, 0.15) is 27.2 Å². The van der Waals surface area contributed by atoms with Gasteiger partial charge in [-0.15, -0.1) is 24.0 Å². The summed E-state index contributed by atoms with van der Waals surface area (Å²) in [5.41, 5.74) is 0. The Hall–Kier alpha value is -0.0800. The number of nitrogens with one attached hydrogen (secondary N) is 2. The third-order valence-electron chi connectivity index (χ3n) is 2.62. The number of rotatable bonds is 10. The molecule has 5 nitrogen and oxygen atoms in total. The fourth-order valence-corrected chi connectivity index (χ4v) is 1.66. The Morgan fingerprint density at radius 2 is 1.89 bits per heavy atom. The van der Waals surface area contributed by atoms with Gasteiger partial charge in [0.2, 0.25) is 0 Å². The fourth-order valence-electron chi connectivity index (χ4n) is 1.66. The third kappa shape index (κ3) is 12.7. The van der Waals surface area contributed by atoms with Gasteiger partial charge in [0.05, 0.1) is 13.2 Å². The van der Waals surface area contributed by atoms with Crippen LogP contribution < -0.4 is 10.6 Å². The molecule has 0 atom stereocenters. The maximum atomic E-state index is 5.01. The van der Waals surface area contributed by atoms with Crippen molar-refractivity contribution in [2.45, 2.75) is 27.2 Å². The van der Waals surface area contributed by atoms with Crippen LogP contribution in [0.3, 0.4) is 0 Å². The number of halogens is 1. The highest BCUT2D eigenvalue weighted by Crippen LogP contribution is 1.90. The van der Waals surface area contributed by atoms with Gasteiger partial charge in [0.1, 0.15) is 0 Å². The summed E-state index contributed by atoms with van der Waals surface area (Å²) >= 11 is 0. The molecule has 0 aromatic rings. The fraction of sp³-hybridized carbons (Fsp3) is 0.923. The quantitative estimate of drug-likeness (QED) is 0.259. The first-order valence-electron chi connectivity index (χ1n) is 7.01. The zero-order valence-corrected chi connectivity index (χ0v) is 15.2. The van der Waals surface area contributed by atoms with Crippen molar-refractivity contribution in [3.8, 4) is 0 Å². The van der Waals surface area contributed by atoms with Crippen molar-refractivity contribution in [2.75, 3.05) is 53.0 Å². The standard InChI is InChI=1S/C13H30N4O.HI/c1-5-10-17(7-3)11-8-15-13(14-6-2)16-9-12-18-4;/h5-12H2,1-4H3,(H2,14,15,16);1H. The number of ether oxygens (including phenoxy) is 1. The summed E-state index contributed by atoms with van der Waals surface area (Å²) in [4.78, 5) is 6.97. The maximum Gasteiger partial charge on any atom is 0.191 e. The first-order chi connectivity index (χ1) is 8.78. The summed E-state index contributed by atoms with van der Waals surface area (Å²) in [7, 11) is 1.70. The Morgan fingerprint density at radius 1 is 1.16 bits per heavy atom.